The van der Waals surface area contributed by atoms with Crippen molar-refractivity contribution in [1.82, 2.24) is 0 Å². The van der Waals surface area contributed by atoms with Crippen LogP contribution in [0.15, 0.2) is 0 Å². The van der Waals surface area contributed by atoms with E-state index in [1.807, 2.05) is 0 Å². The first kappa shape index (κ1) is 15.0. The van der Waals surface area contributed by atoms with E-state index in [-0.39, 0.29) is 0 Å². The molecule has 4 unspecified atom stereocenters. The lowest BCUT2D eigenvalue weighted by atomic mass is 9.64. The summed E-state index contributed by atoms with van der Waals surface area (Å²) in [4.78, 5) is 0. The van der Waals surface area contributed by atoms with Crippen molar-refractivity contribution in [1.29, 1.82) is 0 Å². The summed E-state index contributed by atoms with van der Waals surface area (Å²) in [6.45, 7) is 10.3. The summed E-state index contributed by atoms with van der Waals surface area (Å²) in [6, 6.07) is 0.403. The summed E-state index contributed by atoms with van der Waals surface area (Å²) in [5.74, 6) is 2.20. The largest absolute Gasteiger partial charge is 0.385 e. The molecule has 102 valence electrons. The van der Waals surface area contributed by atoms with E-state index >= 15 is 0 Å². The van der Waals surface area contributed by atoms with Gasteiger partial charge in [-0.05, 0) is 48.9 Å². The highest BCUT2D eigenvalue weighted by Gasteiger charge is 2.36. The van der Waals surface area contributed by atoms with Crippen LogP contribution in [-0.2, 0) is 4.74 Å². The number of nitrogens with two attached hydrogens (primary N) is 1. The molecule has 0 amide bonds. The van der Waals surface area contributed by atoms with E-state index in [4.69, 9.17) is 10.5 Å². The van der Waals surface area contributed by atoms with Crippen LogP contribution in [0.3, 0.4) is 0 Å². The number of rotatable bonds is 4. The van der Waals surface area contributed by atoms with Gasteiger partial charge in [-0.25, -0.2) is 0 Å². The number of methoxy groups -OCH3 is 1. The van der Waals surface area contributed by atoms with E-state index in [1.165, 1.54) is 19.3 Å². The van der Waals surface area contributed by atoms with Crippen LogP contribution in [0.2, 0.25) is 0 Å². The van der Waals surface area contributed by atoms with E-state index in [0.29, 0.717) is 23.3 Å². The summed E-state index contributed by atoms with van der Waals surface area (Å²) in [6.07, 6.45) is 4.95. The predicted molar refractivity (Wildman–Crippen MR) is 73.9 cm³/mol. The van der Waals surface area contributed by atoms with Gasteiger partial charge < -0.3 is 10.5 Å². The van der Waals surface area contributed by atoms with Crippen LogP contribution < -0.4 is 5.73 Å². The molecule has 1 saturated carbocycles. The Morgan fingerprint density at radius 1 is 1.29 bits per heavy atom. The average Bonchev–Trinajstić information content (AvgIpc) is 2.24. The van der Waals surface area contributed by atoms with Crippen LogP contribution >= 0.6 is 0 Å². The third-order valence-electron chi connectivity index (χ3n) is 4.69. The summed E-state index contributed by atoms with van der Waals surface area (Å²) in [5, 5.41) is 0. The van der Waals surface area contributed by atoms with E-state index in [2.05, 4.69) is 27.7 Å². The molecule has 0 aromatic rings. The van der Waals surface area contributed by atoms with Gasteiger partial charge in [-0.3, -0.25) is 0 Å². The van der Waals surface area contributed by atoms with Gasteiger partial charge >= 0.3 is 0 Å². The summed E-state index contributed by atoms with van der Waals surface area (Å²) in [7, 11) is 1.78. The van der Waals surface area contributed by atoms with Gasteiger partial charge in [0.25, 0.3) is 0 Å². The lowest BCUT2D eigenvalue weighted by Gasteiger charge is -2.43. The van der Waals surface area contributed by atoms with Crippen molar-refractivity contribution in [3.8, 4) is 0 Å². The summed E-state index contributed by atoms with van der Waals surface area (Å²) in [5.41, 5.74) is 6.75. The van der Waals surface area contributed by atoms with Crippen LogP contribution in [0, 0.1) is 23.2 Å². The fourth-order valence-electron chi connectivity index (χ4n) is 3.19. The molecule has 2 heteroatoms. The normalized spacial score (nSPS) is 32.5. The van der Waals surface area contributed by atoms with E-state index < -0.39 is 0 Å². The van der Waals surface area contributed by atoms with Crippen LogP contribution in [0.25, 0.3) is 0 Å². The molecule has 0 aromatic heterocycles. The highest BCUT2D eigenvalue weighted by Crippen LogP contribution is 2.42. The molecule has 0 spiro atoms. The molecule has 1 aliphatic rings. The van der Waals surface area contributed by atoms with Gasteiger partial charge in [0.2, 0.25) is 0 Å². The highest BCUT2D eigenvalue weighted by atomic mass is 16.5. The van der Waals surface area contributed by atoms with Crippen molar-refractivity contribution < 1.29 is 4.74 Å². The van der Waals surface area contributed by atoms with E-state index in [0.717, 1.165) is 18.9 Å². The van der Waals surface area contributed by atoms with Gasteiger partial charge in [-0.2, -0.15) is 0 Å². The third-order valence-corrected chi connectivity index (χ3v) is 4.69. The van der Waals surface area contributed by atoms with Gasteiger partial charge in [0.15, 0.2) is 0 Å². The number of hydrogen-bond donors (Lipinski definition) is 1. The second kappa shape index (κ2) is 6.19. The number of ether oxygens (including phenoxy) is 1. The molecule has 0 bridgehead atoms. The van der Waals surface area contributed by atoms with E-state index in [9.17, 15) is 0 Å². The Kier molecular flexibility index (Phi) is 5.46. The molecule has 0 aliphatic heterocycles. The summed E-state index contributed by atoms with van der Waals surface area (Å²) >= 11 is 0. The first-order valence-corrected chi connectivity index (χ1v) is 7.10. The summed E-state index contributed by atoms with van der Waals surface area (Å²) < 4.78 is 5.19. The lowest BCUT2D eigenvalue weighted by Crippen LogP contribution is -2.42. The minimum absolute atomic E-state index is 0.403. The zero-order valence-corrected chi connectivity index (χ0v) is 12.3. The van der Waals surface area contributed by atoms with Crippen molar-refractivity contribution >= 4 is 0 Å². The Labute approximate surface area is 107 Å². The van der Waals surface area contributed by atoms with Gasteiger partial charge in [0, 0.05) is 19.8 Å². The standard InChI is InChI=1S/C15H31NO/c1-11(8-9-17-5)13-10-12(15(2,3)4)6-7-14(13)16/h11-14H,6-10,16H2,1-5H3. The average molecular weight is 241 g/mol. The van der Waals surface area contributed by atoms with Gasteiger partial charge in [-0.15, -0.1) is 0 Å². The maximum absolute atomic E-state index is 6.32. The Hall–Kier alpha value is -0.0800. The molecular weight excluding hydrogens is 210 g/mol. The molecule has 17 heavy (non-hydrogen) atoms. The maximum atomic E-state index is 6.32. The van der Waals surface area contributed by atoms with Gasteiger partial charge in [0.05, 0.1) is 0 Å². The quantitative estimate of drug-likeness (QED) is 0.818. The molecular formula is C15H31NO. The van der Waals surface area contributed by atoms with Crippen molar-refractivity contribution in [3.05, 3.63) is 0 Å². The molecule has 1 rings (SSSR count). The van der Waals surface area contributed by atoms with E-state index in [1.54, 1.807) is 7.11 Å². The van der Waals surface area contributed by atoms with Crippen molar-refractivity contribution in [2.75, 3.05) is 13.7 Å². The van der Waals surface area contributed by atoms with Crippen LogP contribution in [0.1, 0.15) is 53.4 Å². The molecule has 2 N–H and O–H groups in total. The topological polar surface area (TPSA) is 35.2 Å². The Morgan fingerprint density at radius 3 is 2.47 bits per heavy atom. The first-order valence-electron chi connectivity index (χ1n) is 7.10. The highest BCUT2D eigenvalue weighted by molar-refractivity contribution is 4.89. The van der Waals surface area contributed by atoms with Crippen LogP contribution in [0.5, 0.6) is 0 Å². The van der Waals surface area contributed by atoms with Crippen LogP contribution in [-0.4, -0.2) is 19.8 Å². The minimum atomic E-state index is 0.403. The second-order valence-corrected chi connectivity index (χ2v) is 6.96. The smallest absolute Gasteiger partial charge is 0.0464 e. The first-order chi connectivity index (χ1) is 7.86. The lowest BCUT2D eigenvalue weighted by molar-refractivity contribution is 0.0841. The second-order valence-electron chi connectivity index (χ2n) is 6.96. The van der Waals surface area contributed by atoms with Crippen molar-refractivity contribution in [2.24, 2.45) is 28.9 Å². The maximum Gasteiger partial charge on any atom is 0.0464 e. The fraction of sp³-hybridized carbons (Fsp3) is 1.00. The molecule has 0 saturated heterocycles. The fourth-order valence-corrected chi connectivity index (χ4v) is 3.19. The van der Waals surface area contributed by atoms with Crippen molar-refractivity contribution in [3.63, 3.8) is 0 Å². The monoisotopic (exact) mass is 241 g/mol. The van der Waals surface area contributed by atoms with Gasteiger partial charge in [0.1, 0.15) is 0 Å². The SMILES string of the molecule is COCCC(C)C1CC(C(C)(C)C)CCC1N. The molecule has 0 heterocycles. The Morgan fingerprint density at radius 2 is 1.94 bits per heavy atom. The molecule has 1 aliphatic carbocycles. The predicted octanol–water partition coefficient (Wildman–Crippen LogP) is 3.45. The molecule has 2 nitrogen and oxygen atoms in total. The Bertz CT molecular complexity index is 221. The van der Waals surface area contributed by atoms with Crippen LogP contribution in [0.4, 0.5) is 0 Å². The zero-order valence-electron chi connectivity index (χ0n) is 12.3. The molecule has 0 aromatic carbocycles. The molecule has 1 fully saturated rings. The Balaban J connectivity index is 2.57. The third kappa shape index (κ3) is 4.26. The van der Waals surface area contributed by atoms with Gasteiger partial charge in [-0.1, -0.05) is 27.7 Å². The molecule has 4 atom stereocenters. The minimum Gasteiger partial charge on any atom is -0.385 e. The molecule has 0 radical (unpaired) electrons. The van der Waals surface area contributed by atoms with Crippen molar-refractivity contribution in [2.45, 2.75) is 59.4 Å². The number of hydrogen-bond acceptors (Lipinski definition) is 2. The zero-order chi connectivity index (χ0) is 13.1.